The van der Waals surface area contributed by atoms with Gasteiger partial charge < -0.3 is 20.5 Å². The number of urea groups is 1. The summed E-state index contributed by atoms with van der Waals surface area (Å²) in [5, 5.41) is 2.61. The molecule has 0 unspecified atom stereocenters. The van der Waals surface area contributed by atoms with Crippen LogP contribution in [0.2, 0.25) is 0 Å². The Bertz CT molecular complexity index is 491. The zero-order chi connectivity index (χ0) is 15.1. The number of nitrogens with zero attached hydrogens (tertiary/aromatic N) is 1. The van der Waals surface area contributed by atoms with Crippen LogP contribution in [0, 0.1) is 0 Å². The molecule has 0 aromatic heterocycles. The van der Waals surface area contributed by atoms with Gasteiger partial charge in [-0.1, -0.05) is 0 Å². The first-order valence-corrected chi connectivity index (χ1v) is 6.04. The number of methoxy groups -OCH3 is 2. The number of ether oxygens (including phenoxy) is 2. The molecule has 0 saturated carbocycles. The Kier molecular flexibility index (Phi) is 5.79. The normalized spacial score (nSPS) is 9.80. The number of nitrogens with two attached hydrogens (primary N) is 1. The van der Waals surface area contributed by atoms with Crippen molar-refractivity contribution in [2.75, 3.05) is 32.6 Å². The molecule has 1 rings (SSSR count). The van der Waals surface area contributed by atoms with E-state index in [0.29, 0.717) is 17.2 Å². The molecule has 1 aromatic rings. The lowest BCUT2D eigenvalue weighted by molar-refractivity contribution is -0.125. The van der Waals surface area contributed by atoms with Crippen LogP contribution in [0.15, 0.2) is 18.2 Å². The van der Waals surface area contributed by atoms with Crippen LogP contribution in [0.3, 0.4) is 0 Å². The number of carbonyl (C=O) groups is 2. The van der Waals surface area contributed by atoms with E-state index in [1.54, 1.807) is 18.2 Å². The molecule has 0 aliphatic carbocycles. The van der Waals surface area contributed by atoms with Crippen molar-refractivity contribution in [3.05, 3.63) is 18.2 Å². The van der Waals surface area contributed by atoms with Crippen molar-refractivity contribution in [3.63, 3.8) is 0 Å². The van der Waals surface area contributed by atoms with Crippen molar-refractivity contribution in [1.29, 1.82) is 0 Å². The highest BCUT2D eigenvalue weighted by molar-refractivity contribution is 6.00. The zero-order valence-corrected chi connectivity index (χ0v) is 11.8. The first-order valence-electron chi connectivity index (χ1n) is 6.04. The summed E-state index contributed by atoms with van der Waals surface area (Å²) in [4.78, 5) is 24.4. The largest absolute Gasteiger partial charge is 0.493 e. The van der Waals surface area contributed by atoms with Crippen LogP contribution < -0.4 is 20.5 Å². The average Bonchev–Trinajstić information content (AvgIpc) is 2.43. The van der Waals surface area contributed by atoms with Crippen LogP contribution in [0.1, 0.15) is 6.92 Å². The van der Waals surface area contributed by atoms with Gasteiger partial charge in [-0.3, -0.25) is 9.69 Å². The Labute approximate surface area is 117 Å². The molecule has 0 heterocycles. The molecule has 20 heavy (non-hydrogen) atoms. The Morgan fingerprint density at radius 1 is 1.25 bits per heavy atom. The molecule has 3 N–H and O–H groups in total. The number of carbonyl (C=O) groups excluding carboxylic acids is 2. The average molecular weight is 281 g/mol. The molecule has 0 saturated heterocycles. The maximum absolute atomic E-state index is 12.0. The number of rotatable bonds is 5. The molecule has 1 aromatic carbocycles. The lowest BCUT2D eigenvalue weighted by Crippen LogP contribution is -2.41. The molecule has 0 bridgehead atoms. The Balaban J connectivity index is 2.86. The van der Waals surface area contributed by atoms with E-state index in [9.17, 15) is 9.59 Å². The Morgan fingerprint density at radius 2 is 1.90 bits per heavy atom. The predicted octanol–water partition coefficient (Wildman–Crippen LogP) is 1.04. The first kappa shape index (κ1) is 15.8. The van der Waals surface area contributed by atoms with Crippen molar-refractivity contribution in [2.45, 2.75) is 6.92 Å². The third-order valence-corrected chi connectivity index (χ3v) is 2.61. The third-order valence-electron chi connectivity index (χ3n) is 2.61. The van der Waals surface area contributed by atoms with E-state index >= 15 is 0 Å². The van der Waals surface area contributed by atoms with Gasteiger partial charge in [-0.15, -0.1) is 0 Å². The molecule has 0 spiro atoms. The summed E-state index contributed by atoms with van der Waals surface area (Å²) in [7, 11) is 3.02. The number of anilines is 1. The maximum Gasteiger partial charge on any atom is 0.328 e. The summed E-state index contributed by atoms with van der Waals surface area (Å²) in [5.74, 6) is 0.669. The smallest absolute Gasteiger partial charge is 0.328 e. The van der Waals surface area contributed by atoms with E-state index in [-0.39, 0.29) is 19.0 Å². The van der Waals surface area contributed by atoms with E-state index in [4.69, 9.17) is 15.2 Å². The van der Waals surface area contributed by atoms with E-state index in [1.165, 1.54) is 21.1 Å². The van der Waals surface area contributed by atoms with E-state index in [0.717, 1.165) is 4.90 Å². The van der Waals surface area contributed by atoms with Crippen molar-refractivity contribution < 1.29 is 19.1 Å². The summed E-state index contributed by atoms with van der Waals surface area (Å²) in [6.45, 7) is 1.68. The van der Waals surface area contributed by atoms with Gasteiger partial charge in [0.15, 0.2) is 11.5 Å². The van der Waals surface area contributed by atoms with Gasteiger partial charge in [0.05, 0.1) is 14.2 Å². The first-order chi connectivity index (χ1) is 9.53. The molecule has 110 valence electrons. The number of benzene rings is 1. The number of hydrogen-bond acceptors (Lipinski definition) is 5. The fourth-order valence-corrected chi connectivity index (χ4v) is 1.64. The number of nitrogens with one attached hydrogen (secondary N) is 1. The van der Waals surface area contributed by atoms with Crippen LogP contribution in [0.5, 0.6) is 11.5 Å². The number of amides is 3. The SMILES string of the molecule is COc1ccc(NC(=O)N(CCN)C(C)=O)cc1OC. The lowest BCUT2D eigenvalue weighted by Gasteiger charge is -2.19. The highest BCUT2D eigenvalue weighted by atomic mass is 16.5. The summed E-state index contributed by atoms with van der Waals surface area (Å²) < 4.78 is 10.2. The fourth-order valence-electron chi connectivity index (χ4n) is 1.64. The molecule has 0 aliphatic heterocycles. The predicted molar refractivity (Wildman–Crippen MR) is 75.0 cm³/mol. The van der Waals surface area contributed by atoms with E-state index < -0.39 is 6.03 Å². The van der Waals surface area contributed by atoms with Gasteiger partial charge in [0.2, 0.25) is 5.91 Å². The summed E-state index contributed by atoms with van der Waals surface area (Å²) in [5.41, 5.74) is 5.87. The van der Waals surface area contributed by atoms with Crippen LogP contribution in [-0.4, -0.2) is 44.1 Å². The molecule has 0 aliphatic rings. The van der Waals surface area contributed by atoms with Gasteiger partial charge in [-0.2, -0.15) is 0 Å². The Morgan fingerprint density at radius 3 is 2.40 bits per heavy atom. The quantitative estimate of drug-likeness (QED) is 0.841. The number of imide groups is 1. The summed E-state index contributed by atoms with van der Waals surface area (Å²) in [6, 6.07) is 4.39. The Hall–Kier alpha value is -2.28. The minimum absolute atomic E-state index is 0.161. The molecule has 0 fully saturated rings. The number of hydrogen-bond donors (Lipinski definition) is 2. The molecule has 0 atom stereocenters. The minimum Gasteiger partial charge on any atom is -0.493 e. The fraction of sp³-hybridized carbons (Fsp3) is 0.385. The molecule has 7 nitrogen and oxygen atoms in total. The second-order valence-corrected chi connectivity index (χ2v) is 3.96. The molecular weight excluding hydrogens is 262 g/mol. The van der Waals surface area contributed by atoms with Crippen LogP contribution in [-0.2, 0) is 4.79 Å². The van der Waals surface area contributed by atoms with Crippen molar-refractivity contribution in [3.8, 4) is 11.5 Å². The maximum atomic E-state index is 12.0. The summed E-state index contributed by atoms with van der Waals surface area (Å²) >= 11 is 0. The molecule has 7 heteroatoms. The topological polar surface area (TPSA) is 93.9 Å². The second-order valence-electron chi connectivity index (χ2n) is 3.96. The van der Waals surface area contributed by atoms with Crippen LogP contribution in [0.25, 0.3) is 0 Å². The summed E-state index contributed by atoms with van der Waals surface area (Å²) in [6.07, 6.45) is 0. The molecule has 3 amide bonds. The highest BCUT2D eigenvalue weighted by Gasteiger charge is 2.17. The van der Waals surface area contributed by atoms with Gasteiger partial charge >= 0.3 is 6.03 Å². The van der Waals surface area contributed by atoms with Gasteiger partial charge in [-0.05, 0) is 12.1 Å². The van der Waals surface area contributed by atoms with E-state index in [2.05, 4.69) is 5.32 Å². The van der Waals surface area contributed by atoms with Gasteiger partial charge in [0.1, 0.15) is 0 Å². The highest BCUT2D eigenvalue weighted by Crippen LogP contribution is 2.29. The van der Waals surface area contributed by atoms with Crippen LogP contribution >= 0.6 is 0 Å². The van der Waals surface area contributed by atoms with Crippen molar-refractivity contribution in [1.82, 2.24) is 4.90 Å². The van der Waals surface area contributed by atoms with E-state index in [1.807, 2.05) is 0 Å². The zero-order valence-electron chi connectivity index (χ0n) is 11.8. The lowest BCUT2D eigenvalue weighted by atomic mass is 10.2. The van der Waals surface area contributed by atoms with Crippen LogP contribution in [0.4, 0.5) is 10.5 Å². The third kappa shape index (κ3) is 3.86. The monoisotopic (exact) mass is 281 g/mol. The molecule has 0 radical (unpaired) electrons. The second kappa shape index (κ2) is 7.34. The molecular formula is C13H19N3O4. The van der Waals surface area contributed by atoms with Gasteiger partial charge in [-0.25, -0.2) is 4.79 Å². The van der Waals surface area contributed by atoms with Gasteiger partial charge in [0, 0.05) is 31.8 Å². The standard InChI is InChI=1S/C13H19N3O4/c1-9(17)16(7-6-14)13(18)15-10-4-5-11(19-2)12(8-10)20-3/h4-5,8H,6-7,14H2,1-3H3,(H,15,18). The van der Waals surface area contributed by atoms with Crippen molar-refractivity contribution in [2.24, 2.45) is 5.73 Å². The minimum atomic E-state index is -0.532. The van der Waals surface area contributed by atoms with Gasteiger partial charge in [0.25, 0.3) is 0 Å². The van der Waals surface area contributed by atoms with Crippen molar-refractivity contribution >= 4 is 17.6 Å².